The number of nitrogens with one attached hydrogen (secondary N) is 1. The van der Waals surface area contributed by atoms with Crippen molar-refractivity contribution in [2.24, 2.45) is 17.3 Å². The van der Waals surface area contributed by atoms with Crippen LogP contribution in [-0.2, 0) is 4.79 Å². The summed E-state index contributed by atoms with van der Waals surface area (Å²) in [5.74, 6) is 1.35. The summed E-state index contributed by atoms with van der Waals surface area (Å²) in [6, 6.07) is 3.93. The smallest absolute Gasteiger partial charge is 0.282 e. The van der Waals surface area contributed by atoms with E-state index in [2.05, 4.69) is 37.2 Å². The maximum atomic E-state index is 14.2. The van der Waals surface area contributed by atoms with Gasteiger partial charge in [0.15, 0.2) is 5.82 Å². The van der Waals surface area contributed by atoms with Crippen molar-refractivity contribution in [3.05, 3.63) is 35.9 Å². The summed E-state index contributed by atoms with van der Waals surface area (Å²) in [7, 11) is 0. The highest BCUT2D eigenvalue weighted by Gasteiger charge is 2.47. The molecule has 1 unspecified atom stereocenters. The summed E-state index contributed by atoms with van der Waals surface area (Å²) in [5, 5.41) is 11.5. The molecule has 1 N–H and O–H groups in total. The first-order chi connectivity index (χ1) is 21.1. The van der Waals surface area contributed by atoms with Crippen LogP contribution in [0.25, 0.3) is 0 Å². The van der Waals surface area contributed by atoms with Crippen molar-refractivity contribution >= 4 is 17.6 Å². The first-order valence-electron chi connectivity index (χ1n) is 16.3. The van der Waals surface area contributed by atoms with Gasteiger partial charge < -0.3 is 24.8 Å². The summed E-state index contributed by atoms with van der Waals surface area (Å²) >= 11 is 0. The van der Waals surface area contributed by atoms with E-state index in [1.165, 1.54) is 37.4 Å². The molecule has 1 atom stereocenters. The summed E-state index contributed by atoms with van der Waals surface area (Å²) in [4.78, 5) is 36.4. The predicted molar refractivity (Wildman–Crippen MR) is 165 cm³/mol. The molecule has 0 bridgehead atoms. The Bertz CT molecular complexity index is 1360. The second kappa shape index (κ2) is 12.2. The standard InChI is InChI=1S/C33H46FN7O3/c1-5-41(22(2)3)31(43)26-16-25(34)6-7-27(26)44-30-28(35-21-36-38-30)40-19-32(20-40)12-14-39(15-13-32)18-24-8-10-33(11-9-24)17-23(4)29(42)37-33/h6-7,16,21-24H,5,8-15,17-20H2,1-4H3,(H,37,42)/t23?,24-,33-. The third-order valence-electron chi connectivity index (χ3n) is 10.6. The van der Waals surface area contributed by atoms with E-state index in [9.17, 15) is 14.0 Å². The number of aromatic nitrogens is 3. The number of halogens is 1. The van der Waals surface area contributed by atoms with Crippen LogP contribution in [0.2, 0.25) is 0 Å². The molecular formula is C33H46FN7O3. The molecule has 2 amide bonds. The first kappa shape index (κ1) is 30.7. The van der Waals surface area contributed by atoms with E-state index in [0.717, 1.165) is 64.8 Å². The lowest BCUT2D eigenvalue weighted by atomic mass is 9.71. The molecule has 4 aliphatic rings. The summed E-state index contributed by atoms with van der Waals surface area (Å²) < 4.78 is 20.4. The van der Waals surface area contributed by atoms with E-state index < -0.39 is 5.82 Å². The number of rotatable bonds is 8. The predicted octanol–water partition coefficient (Wildman–Crippen LogP) is 4.66. The summed E-state index contributed by atoms with van der Waals surface area (Å²) in [5.41, 5.74) is 0.459. The number of ether oxygens (including phenoxy) is 1. The molecule has 238 valence electrons. The Morgan fingerprint density at radius 3 is 2.55 bits per heavy atom. The molecule has 1 aromatic carbocycles. The Balaban J connectivity index is 1.04. The molecule has 3 aliphatic heterocycles. The van der Waals surface area contributed by atoms with Crippen LogP contribution in [0.15, 0.2) is 24.5 Å². The van der Waals surface area contributed by atoms with Crippen LogP contribution < -0.4 is 15.0 Å². The number of carbonyl (C=O) groups is 2. The van der Waals surface area contributed by atoms with E-state index in [4.69, 9.17) is 4.74 Å². The molecule has 1 aliphatic carbocycles. The molecule has 44 heavy (non-hydrogen) atoms. The lowest BCUT2D eigenvalue weighted by Crippen LogP contribution is -2.61. The van der Waals surface area contributed by atoms with Gasteiger partial charge in [-0.2, -0.15) is 0 Å². The number of carbonyl (C=O) groups excluding carboxylic acids is 2. The number of amides is 2. The fourth-order valence-electron chi connectivity index (χ4n) is 7.96. The Hall–Kier alpha value is -3.34. The maximum Gasteiger partial charge on any atom is 0.282 e. The Labute approximate surface area is 259 Å². The van der Waals surface area contributed by atoms with Gasteiger partial charge >= 0.3 is 0 Å². The summed E-state index contributed by atoms with van der Waals surface area (Å²) in [6.45, 7) is 13.4. The molecule has 1 aromatic heterocycles. The van der Waals surface area contributed by atoms with Crippen LogP contribution in [-0.4, -0.2) is 87.6 Å². The van der Waals surface area contributed by atoms with Crippen LogP contribution in [0.4, 0.5) is 10.2 Å². The molecule has 4 fully saturated rings. The fraction of sp³-hybridized carbons (Fsp3) is 0.667. The molecule has 1 saturated carbocycles. The van der Waals surface area contributed by atoms with Crippen molar-refractivity contribution in [2.45, 2.75) is 84.2 Å². The number of likely N-dealkylation sites (tertiary alicyclic amines) is 1. The molecule has 0 radical (unpaired) electrons. The molecule has 6 rings (SSSR count). The van der Waals surface area contributed by atoms with Gasteiger partial charge in [0.25, 0.3) is 11.8 Å². The van der Waals surface area contributed by atoms with E-state index in [1.807, 2.05) is 20.8 Å². The number of nitrogens with zero attached hydrogens (tertiary/aromatic N) is 6. The van der Waals surface area contributed by atoms with Crippen LogP contribution >= 0.6 is 0 Å². The van der Waals surface area contributed by atoms with Crippen LogP contribution in [0.3, 0.4) is 0 Å². The SMILES string of the molecule is CCN(C(=O)c1cc(F)ccc1Oc1nncnc1N1CC2(CCN(C[C@H]3CC[C@]4(CC3)CC(C)C(=O)N4)CC2)C1)C(C)C. The van der Waals surface area contributed by atoms with Gasteiger partial charge in [-0.3, -0.25) is 9.59 Å². The Morgan fingerprint density at radius 2 is 1.91 bits per heavy atom. The zero-order chi connectivity index (χ0) is 31.1. The molecule has 2 aromatic rings. The second-order valence-electron chi connectivity index (χ2n) is 14.0. The zero-order valence-electron chi connectivity index (χ0n) is 26.5. The average Bonchev–Trinajstić information content (AvgIpc) is 3.27. The van der Waals surface area contributed by atoms with E-state index in [0.29, 0.717) is 18.3 Å². The normalized spacial score (nSPS) is 26.6. The van der Waals surface area contributed by atoms with Gasteiger partial charge in [0.1, 0.15) is 17.9 Å². The first-order valence-corrected chi connectivity index (χ1v) is 16.3. The van der Waals surface area contributed by atoms with Gasteiger partial charge in [-0.1, -0.05) is 6.92 Å². The molecule has 3 saturated heterocycles. The second-order valence-corrected chi connectivity index (χ2v) is 14.0. The topological polar surface area (TPSA) is 104 Å². The van der Waals surface area contributed by atoms with E-state index in [-0.39, 0.29) is 51.9 Å². The Morgan fingerprint density at radius 1 is 1.18 bits per heavy atom. The van der Waals surface area contributed by atoms with E-state index in [1.54, 1.807) is 4.90 Å². The van der Waals surface area contributed by atoms with Gasteiger partial charge in [0, 0.05) is 49.1 Å². The van der Waals surface area contributed by atoms with Gasteiger partial charge in [-0.25, -0.2) is 9.37 Å². The van der Waals surface area contributed by atoms with Gasteiger partial charge in [-0.15, -0.1) is 10.2 Å². The van der Waals surface area contributed by atoms with Gasteiger partial charge in [0.05, 0.1) is 5.56 Å². The quantitative estimate of drug-likeness (QED) is 0.462. The summed E-state index contributed by atoms with van der Waals surface area (Å²) in [6.07, 6.45) is 9.30. The van der Waals surface area contributed by atoms with Crippen molar-refractivity contribution in [3.63, 3.8) is 0 Å². The molecule has 2 spiro atoms. The largest absolute Gasteiger partial charge is 0.434 e. The van der Waals surface area contributed by atoms with Crippen molar-refractivity contribution in [2.75, 3.05) is 44.2 Å². The minimum absolute atomic E-state index is 0.0408. The average molecular weight is 608 g/mol. The highest BCUT2D eigenvalue weighted by atomic mass is 19.1. The van der Waals surface area contributed by atoms with Crippen molar-refractivity contribution < 1.29 is 18.7 Å². The fourth-order valence-corrected chi connectivity index (χ4v) is 7.96. The minimum atomic E-state index is -0.502. The van der Waals surface area contributed by atoms with Crippen LogP contribution in [0.1, 0.15) is 83.0 Å². The van der Waals surface area contributed by atoms with Crippen molar-refractivity contribution in [3.8, 4) is 11.6 Å². The number of piperidine rings is 1. The minimum Gasteiger partial charge on any atom is -0.434 e. The van der Waals surface area contributed by atoms with E-state index >= 15 is 0 Å². The highest BCUT2D eigenvalue weighted by molar-refractivity contribution is 5.97. The molecular weight excluding hydrogens is 561 g/mol. The molecule has 4 heterocycles. The third-order valence-corrected chi connectivity index (χ3v) is 10.6. The molecule has 11 heteroatoms. The van der Waals surface area contributed by atoms with Crippen molar-refractivity contribution in [1.82, 2.24) is 30.3 Å². The van der Waals surface area contributed by atoms with Gasteiger partial charge in [0.2, 0.25) is 5.91 Å². The number of benzene rings is 1. The van der Waals surface area contributed by atoms with Crippen LogP contribution in [0.5, 0.6) is 11.6 Å². The third kappa shape index (κ3) is 6.12. The monoisotopic (exact) mass is 607 g/mol. The Kier molecular flexibility index (Phi) is 8.52. The maximum absolute atomic E-state index is 14.2. The van der Waals surface area contributed by atoms with Crippen molar-refractivity contribution in [1.29, 1.82) is 0 Å². The number of hydrogen-bond donors (Lipinski definition) is 1. The zero-order valence-corrected chi connectivity index (χ0v) is 26.5. The lowest BCUT2D eigenvalue weighted by Gasteiger charge is -2.54. The highest BCUT2D eigenvalue weighted by Crippen LogP contribution is 2.45. The lowest BCUT2D eigenvalue weighted by molar-refractivity contribution is -0.122. The molecule has 10 nitrogen and oxygen atoms in total. The number of anilines is 1. The number of hydrogen-bond acceptors (Lipinski definition) is 8. The van der Waals surface area contributed by atoms with Crippen LogP contribution in [0, 0.1) is 23.1 Å². The van der Waals surface area contributed by atoms with Gasteiger partial charge in [-0.05, 0) is 103 Å².